The molecular weight excluding hydrogens is 330 g/mol. The zero-order valence-electron chi connectivity index (χ0n) is 13.2. The van der Waals surface area contributed by atoms with Crippen LogP contribution in [0.2, 0.25) is 0 Å². The molecule has 0 saturated heterocycles. The molecule has 0 radical (unpaired) electrons. The zero-order valence-corrected chi connectivity index (χ0v) is 14.8. The van der Waals surface area contributed by atoms with E-state index in [9.17, 15) is 4.79 Å². The van der Waals surface area contributed by atoms with Crippen molar-refractivity contribution in [3.63, 3.8) is 0 Å². The molecule has 0 aliphatic heterocycles. The molecular formula is C15H21N5OS2. The molecule has 0 atom stereocenters. The van der Waals surface area contributed by atoms with Gasteiger partial charge in [0.25, 0.3) is 5.56 Å². The molecule has 2 aromatic heterocycles. The van der Waals surface area contributed by atoms with E-state index in [2.05, 4.69) is 25.5 Å². The monoisotopic (exact) mass is 351 g/mol. The van der Waals surface area contributed by atoms with Gasteiger partial charge in [0.05, 0.1) is 5.75 Å². The van der Waals surface area contributed by atoms with E-state index < -0.39 is 0 Å². The normalized spacial score (nSPS) is 15.7. The standard InChI is InChI=1S/C15H21N5OS2/c1-2-10-8-13(21)18-12(16-10)9-22-15-20-19-14(23-15)17-11-6-4-3-5-7-11/h8,11H,2-7,9H2,1H3,(H,17,19)(H,16,18,21). The Bertz CT molecular complexity index is 693. The summed E-state index contributed by atoms with van der Waals surface area (Å²) >= 11 is 3.13. The summed E-state index contributed by atoms with van der Waals surface area (Å²) in [7, 11) is 0. The number of aromatic amines is 1. The first-order valence-corrected chi connectivity index (χ1v) is 9.85. The zero-order chi connectivity index (χ0) is 16.1. The third-order valence-corrected chi connectivity index (χ3v) is 5.88. The molecule has 1 aliphatic carbocycles. The first kappa shape index (κ1) is 16.4. The van der Waals surface area contributed by atoms with Gasteiger partial charge in [-0.25, -0.2) is 4.98 Å². The second-order valence-corrected chi connectivity index (χ2v) is 7.88. The Kier molecular flexibility index (Phi) is 5.66. The third kappa shape index (κ3) is 4.78. The van der Waals surface area contributed by atoms with Crippen molar-refractivity contribution in [1.82, 2.24) is 20.2 Å². The van der Waals surface area contributed by atoms with Crippen molar-refractivity contribution < 1.29 is 0 Å². The average molecular weight is 352 g/mol. The molecule has 6 nitrogen and oxygen atoms in total. The van der Waals surface area contributed by atoms with Crippen LogP contribution in [0, 0.1) is 0 Å². The number of H-pyrrole nitrogens is 1. The Morgan fingerprint density at radius 2 is 2.17 bits per heavy atom. The highest BCUT2D eigenvalue weighted by Crippen LogP contribution is 2.29. The molecule has 0 bridgehead atoms. The largest absolute Gasteiger partial charge is 0.357 e. The number of hydrogen-bond acceptors (Lipinski definition) is 7. The topological polar surface area (TPSA) is 83.6 Å². The van der Waals surface area contributed by atoms with Crippen molar-refractivity contribution in [2.45, 2.75) is 61.6 Å². The lowest BCUT2D eigenvalue weighted by Crippen LogP contribution is -2.21. The van der Waals surface area contributed by atoms with Gasteiger partial charge in [-0.15, -0.1) is 10.2 Å². The van der Waals surface area contributed by atoms with E-state index in [1.807, 2.05) is 6.92 Å². The van der Waals surface area contributed by atoms with Gasteiger partial charge in [0, 0.05) is 17.8 Å². The minimum atomic E-state index is -0.0932. The number of rotatable bonds is 6. The lowest BCUT2D eigenvalue weighted by atomic mass is 9.96. The number of thioether (sulfide) groups is 1. The number of anilines is 1. The Hall–Kier alpha value is -1.41. The summed E-state index contributed by atoms with van der Waals surface area (Å²) in [5.41, 5.74) is 0.727. The van der Waals surface area contributed by atoms with E-state index in [4.69, 9.17) is 0 Å². The smallest absolute Gasteiger partial charge is 0.251 e. The van der Waals surface area contributed by atoms with E-state index in [1.165, 1.54) is 32.1 Å². The Morgan fingerprint density at radius 1 is 1.35 bits per heavy atom. The number of aryl methyl sites for hydroxylation is 1. The summed E-state index contributed by atoms with van der Waals surface area (Å²) in [4.78, 5) is 18.8. The van der Waals surface area contributed by atoms with E-state index in [0.717, 1.165) is 21.6 Å². The minimum Gasteiger partial charge on any atom is -0.357 e. The van der Waals surface area contributed by atoms with Crippen molar-refractivity contribution in [2.75, 3.05) is 5.32 Å². The maximum atomic E-state index is 11.6. The van der Waals surface area contributed by atoms with Gasteiger partial charge in [-0.1, -0.05) is 49.3 Å². The maximum Gasteiger partial charge on any atom is 0.251 e. The van der Waals surface area contributed by atoms with Crippen LogP contribution in [-0.4, -0.2) is 26.2 Å². The van der Waals surface area contributed by atoms with E-state index in [0.29, 0.717) is 17.6 Å². The summed E-state index contributed by atoms with van der Waals surface area (Å²) in [5, 5.41) is 12.8. The average Bonchev–Trinajstić information content (AvgIpc) is 3.01. The molecule has 124 valence electrons. The number of nitrogens with one attached hydrogen (secondary N) is 2. The van der Waals surface area contributed by atoms with Crippen LogP contribution in [0.15, 0.2) is 15.2 Å². The highest BCUT2D eigenvalue weighted by Gasteiger charge is 2.15. The van der Waals surface area contributed by atoms with Gasteiger partial charge in [-0.05, 0) is 19.3 Å². The summed E-state index contributed by atoms with van der Waals surface area (Å²) in [6.07, 6.45) is 7.14. The second-order valence-electron chi connectivity index (χ2n) is 5.68. The van der Waals surface area contributed by atoms with Crippen molar-refractivity contribution in [2.24, 2.45) is 0 Å². The first-order valence-electron chi connectivity index (χ1n) is 8.05. The minimum absolute atomic E-state index is 0.0932. The molecule has 0 aromatic carbocycles. The van der Waals surface area contributed by atoms with Crippen LogP contribution in [0.5, 0.6) is 0 Å². The van der Waals surface area contributed by atoms with Gasteiger partial charge >= 0.3 is 0 Å². The molecule has 0 spiro atoms. The summed E-state index contributed by atoms with van der Waals surface area (Å²) < 4.78 is 0.896. The van der Waals surface area contributed by atoms with Gasteiger partial charge in [0.2, 0.25) is 5.13 Å². The van der Waals surface area contributed by atoms with Crippen LogP contribution in [0.25, 0.3) is 0 Å². The molecule has 23 heavy (non-hydrogen) atoms. The van der Waals surface area contributed by atoms with Crippen LogP contribution < -0.4 is 10.9 Å². The number of hydrogen-bond donors (Lipinski definition) is 2. The molecule has 1 fully saturated rings. The van der Waals surface area contributed by atoms with Gasteiger partial charge in [-0.3, -0.25) is 4.79 Å². The van der Waals surface area contributed by atoms with E-state index in [1.54, 1.807) is 29.2 Å². The van der Waals surface area contributed by atoms with Crippen LogP contribution in [0.1, 0.15) is 50.5 Å². The molecule has 0 unspecified atom stereocenters. The fourth-order valence-corrected chi connectivity index (χ4v) is 4.39. The van der Waals surface area contributed by atoms with Crippen molar-refractivity contribution in [3.8, 4) is 0 Å². The summed E-state index contributed by atoms with van der Waals surface area (Å²) in [6, 6.07) is 2.08. The predicted molar refractivity (Wildman–Crippen MR) is 94.2 cm³/mol. The quantitative estimate of drug-likeness (QED) is 0.778. The Labute approximate surface area is 143 Å². The molecule has 8 heteroatoms. The van der Waals surface area contributed by atoms with Crippen LogP contribution in [0.4, 0.5) is 5.13 Å². The second kappa shape index (κ2) is 7.92. The van der Waals surface area contributed by atoms with Crippen molar-refractivity contribution in [1.29, 1.82) is 0 Å². The van der Waals surface area contributed by atoms with Crippen molar-refractivity contribution in [3.05, 3.63) is 27.9 Å². The molecule has 2 N–H and O–H groups in total. The van der Waals surface area contributed by atoms with Crippen LogP contribution in [0.3, 0.4) is 0 Å². The van der Waals surface area contributed by atoms with Crippen LogP contribution in [-0.2, 0) is 12.2 Å². The molecule has 3 rings (SSSR count). The van der Waals surface area contributed by atoms with Gasteiger partial charge < -0.3 is 10.3 Å². The third-order valence-electron chi connectivity index (χ3n) is 3.88. The number of aromatic nitrogens is 4. The van der Waals surface area contributed by atoms with Crippen LogP contribution >= 0.6 is 23.1 Å². The number of nitrogens with zero attached hydrogens (tertiary/aromatic N) is 3. The Balaban J connectivity index is 1.56. The first-order chi connectivity index (χ1) is 11.2. The van der Waals surface area contributed by atoms with Gasteiger partial charge in [-0.2, -0.15) is 0 Å². The van der Waals surface area contributed by atoms with Gasteiger partial charge in [0.1, 0.15) is 5.82 Å². The molecule has 1 aliphatic rings. The molecule has 1 saturated carbocycles. The fourth-order valence-electron chi connectivity index (χ4n) is 2.69. The van der Waals surface area contributed by atoms with E-state index in [-0.39, 0.29) is 5.56 Å². The molecule has 2 heterocycles. The predicted octanol–water partition coefficient (Wildman–Crippen LogP) is 3.22. The van der Waals surface area contributed by atoms with Crippen molar-refractivity contribution >= 4 is 28.2 Å². The summed E-state index contributed by atoms with van der Waals surface area (Å²) in [5.74, 6) is 1.29. The van der Waals surface area contributed by atoms with Gasteiger partial charge in [0.15, 0.2) is 4.34 Å². The highest BCUT2D eigenvalue weighted by molar-refractivity contribution is 8.00. The molecule has 0 amide bonds. The SMILES string of the molecule is CCc1cc(=O)[nH]c(CSc2nnc(NC3CCCCC3)s2)n1. The Morgan fingerprint density at radius 3 is 2.96 bits per heavy atom. The fraction of sp³-hybridized carbons (Fsp3) is 0.600. The molecule has 2 aromatic rings. The highest BCUT2D eigenvalue weighted by atomic mass is 32.2. The lowest BCUT2D eigenvalue weighted by molar-refractivity contribution is 0.462. The maximum absolute atomic E-state index is 11.6. The van der Waals surface area contributed by atoms with E-state index >= 15 is 0 Å². The summed E-state index contributed by atoms with van der Waals surface area (Å²) in [6.45, 7) is 1.99. The lowest BCUT2D eigenvalue weighted by Gasteiger charge is -2.21.